The van der Waals surface area contributed by atoms with Gasteiger partial charge in [0.15, 0.2) is 0 Å². The molecule has 0 fully saturated rings. The summed E-state index contributed by atoms with van der Waals surface area (Å²) in [7, 11) is -3.45. The monoisotopic (exact) mass is 274 g/mol. The second-order valence-corrected chi connectivity index (χ2v) is 7.48. The Labute approximate surface area is 115 Å². The molecule has 0 saturated carbocycles. The molecule has 0 amide bonds. The van der Waals surface area contributed by atoms with Crippen LogP contribution in [-0.4, -0.2) is 8.42 Å². The van der Waals surface area contributed by atoms with Gasteiger partial charge in [0.1, 0.15) is 0 Å². The fourth-order valence-corrected chi connectivity index (χ4v) is 3.74. The van der Waals surface area contributed by atoms with Crippen molar-refractivity contribution < 1.29 is 8.42 Å². The van der Waals surface area contributed by atoms with Crippen LogP contribution in [0.5, 0.6) is 0 Å². The number of hydrogen-bond donors (Lipinski definition) is 0. The van der Waals surface area contributed by atoms with E-state index >= 15 is 0 Å². The van der Waals surface area contributed by atoms with Crippen molar-refractivity contribution in [3.05, 3.63) is 60.2 Å². The summed E-state index contributed by atoms with van der Waals surface area (Å²) >= 11 is 0. The van der Waals surface area contributed by atoms with E-state index in [1.165, 1.54) is 0 Å². The predicted octanol–water partition coefficient (Wildman–Crippen LogP) is 3.82. The number of hydrogen-bond acceptors (Lipinski definition) is 2. The zero-order chi connectivity index (χ0) is 14.1. The van der Waals surface area contributed by atoms with Crippen LogP contribution in [0.3, 0.4) is 0 Å². The third kappa shape index (κ3) is 2.71. The van der Waals surface area contributed by atoms with Crippen LogP contribution in [-0.2, 0) is 15.3 Å². The first-order valence-electron chi connectivity index (χ1n) is 6.23. The first kappa shape index (κ1) is 13.8. The predicted molar refractivity (Wildman–Crippen MR) is 77.0 cm³/mol. The highest BCUT2D eigenvalue weighted by Gasteiger charge is 2.26. The highest BCUT2D eigenvalue weighted by atomic mass is 32.2. The molecule has 100 valence electrons. The summed E-state index contributed by atoms with van der Waals surface area (Å²) in [6, 6.07) is 15.8. The van der Waals surface area contributed by atoms with Crippen molar-refractivity contribution in [1.82, 2.24) is 0 Å². The molecule has 0 N–H and O–H groups in total. The Morgan fingerprint density at radius 2 is 1.32 bits per heavy atom. The topological polar surface area (TPSA) is 34.1 Å². The van der Waals surface area contributed by atoms with E-state index in [9.17, 15) is 8.42 Å². The maximum Gasteiger partial charge on any atom is 0.206 e. The van der Waals surface area contributed by atoms with Gasteiger partial charge in [0, 0.05) is 0 Å². The van der Waals surface area contributed by atoms with Crippen molar-refractivity contribution in [3.8, 4) is 0 Å². The third-order valence-electron chi connectivity index (χ3n) is 3.04. The summed E-state index contributed by atoms with van der Waals surface area (Å²) in [5.41, 5.74) is 0.636. The lowest BCUT2D eigenvalue weighted by atomic mass is 9.87. The Balaban J connectivity index is 2.67. The van der Waals surface area contributed by atoms with Crippen molar-refractivity contribution in [2.24, 2.45) is 0 Å². The number of sulfone groups is 1. The van der Waals surface area contributed by atoms with Gasteiger partial charge in [-0.2, -0.15) is 0 Å². The molecule has 2 rings (SSSR count). The van der Waals surface area contributed by atoms with Crippen LogP contribution in [0.25, 0.3) is 0 Å². The van der Waals surface area contributed by atoms with Gasteiger partial charge in [-0.05, 0) is 29.2 Å². The zero-order valence-electron chi connectivity index (χ0n) is 11.4. The van der Waals surface area contributed by atoms with E-state index in [0.29, 0.717) is 9.79 Å². The number of benzene rings is 2. The standard InChI is InChI=1S/C16H18O2S/c1-16(2,3)14-11-7-8-12-15(14)19(17,18)13-9-5-4-6-10-13/h4-12H,1-3H3. The Kier molecular flexibility index (Phi) is 3.50. The van der Waals surface area contributed by atoms with Crippen LogP contribution in [0.2, 0.25) is 0 Å². The van der Waals surface area contributed by atoms with Gasteiger partial charge in [-0.3, -0.25) is 0 Å². The molecule has 0 spiro atoms. The minimum absolute atomic E-state index is 0.210. The van der Waals surface area contributed by atoms with Crippen LogP contribution < -0.4 is 0 Å². The summed E-state index contributed by atoms with van der Waals surface area (Å²) in [6.45, 7) is 6.06. The van der Waals surface area contributed by atoms with Crippen LogP contribution in [0.4, 0.5) is 0 Å². The summed E-state index contributed by atoms with van der Waals surface area (Å²) in [5, 5.41) is 0. The molecule has 2 aromatic carbocycles. The Morgan fingerprint density at radius 1 is 0.789 bits per heavy atom. The first-order chi connectivity index (χ1) is 8.83. The van der Waals surface area contributed by atoms with E-state index in [1.54, 1.807) is 36.4 Å². The van der Waals surface area contributed by atoms with E-state index in [-0.39, 0.29) is 5.41 Å². The molecule has 0 radical (unpaired) electrons. The fourth-order valence-electron chi connectivity index (χ4n) is 2.05. The molecule has 0 saturated heterocycles. The maximum atomic E-state index is 12.7. The van der Waals surface area contributed by atoms with Gasteiger partial charge in [0.05, 0.1) is 9.79 Å². The Morgan fingerprint density at radius 3 is 1.89 bits per heavy atom. The summed E-state index contributed by atoms with van der Waals surface area (Å²) in [5.74, 6) is 0. The van der Waals surface area contributed by atoms with E-state index < -0.39 is 9.84 Å². The van der Waals surface area contributed by atoms with Gasteiger partial charge >= 0.3 is 0 Å². The lowest BCUT2D eigenvalue weighted by molar-refractivity contribution is 0.561. The minimum Gasteiger partial charge on any atom is -0.219 e. The molecule has 0 aliphatic rings. The molecule has 0 atom stereocenters. The van der Waals surface area contributed by atoms with E-state index in [0.717, 1.165) is 5.56 Å². The lowest BCUT2D eigenvalue weighted by Gasteiger charge is -2.22. The van der Waals surface area contributed by atoms with Gasteiger partial charge < -0.3 is 0 Å². The molecule has 2 aromatic rings. The van der Waals surface area contributed by atoms with Crippen LogP contribution in [0.1, 0.15) is 26.3 Å². The summed E-state index contributed by atoms with van der Waals surface area (Å²) in [6.07, 6.45) is 0. The second-order valence-electron chi connectivity index (χ2n) is 5.56. The first-order valence-corrected chi connectivity index (χ1v) is 7.71. The van der Waals surface area contributed by atoms with E-state index in [4.69, 9.17) is 0 Å². The van der Waals surface area contributed by atoms with Gasteiger partial charge in [0.2, 0.25) is 9.84 Å². The Hall–Kier alpha value is -1.61. The third-order valence-corrected chi connectivity index (χ3v) is 4.87. The highest BCUT2D eigenvalue weighted by molar-refractivity contribution is 7.91. The van der Waals surface area contributed by atoms with Crippen molar-refractivity contribution in [2.45, 2.75) is 36.0 Å². The molecule has 0 aliphatic heterocycles. The van der Waals surface area contributed by atoms with Gasteiger partial charge in [0.25, 0.3) is 0 Å². The highest BCUT2D eigenvalue weighted by Crippen LogP contribution is 2.31. The van der Waals surface area contributed by atoms with E-state index in [1.807, 2.05) is 39.0 Å². The van der Waals surface area contributed by atoms with Gasteiger partial charge in [-0.1, -0.05) is 57.2 Å². The second kappa shape index (κ2) is 4.82. The fraction of sp³-hybridized carbons (Fsp3) is 0.250. The van der Waals surface area contributed by atoms with Crippen LogP contribution in [0, 0.1) is 0 Å². The molecule has 2 nitrogen and oxygen atoms in total. The smallest absolute Gasteiger partial charge is 0.206 e. The summed E-state index contributed by atoms with van der Waals surface area (Å²) in [4.78, 5) is 0.736. The normalized spacial score (nSPS) is 12.4. The molecular formula is C16H18O2S. The molecule has 3 heteroatoms. The molecular weight excluding hydrogens is 256 g/mol. The van der Waals surface area contributed by atoms with Crippen LogP contribution in [0.15, 0.2) is 64.4 Å². The van der Waals surface area contributed by atoms with Crippen molar-refractivity contribution in [2.75, 3.05) is 0 Å². The molecule has 0 aromatic heterocycles. The molecule has 0 aliphatic carbocycles. The maximum absolute atomic E-state index is 12.7. The van der Waals surface area contributed by atoms with Gasteiger partial charge in [-0.15, -0.1) is 0 Å². The number of rotatable bonds is 2. The molecule has 0 unspecified atom stereocenters. The largest absolute Gasteiger partial charge is 0.219 e. The van der Waals surface area contributed by atoms with Gasteiger partial charge in [-0.25, -0.2) is 8.42 Å². The lowest BCUT2D eigenvalue weighted by Crippen LogP contribution is -2.17. The molecule has 19 heavy (non-hydrogen) atoms. The average Bonchev–Trinajstić information content (AvgIpc) is 2.39. The molecule has 0 bridgehead atoms. The minimum atomic E-state index is -3.45. The SMILES string of the molecule is CC(C)(C)c1ccccc1S(=O)(=O)c1ccccc1. The molecule has 0 heterocycles. The quantitative estimate of drug-likeness (QED) is 0.834. The van der Waals surface area contributed by atoms with Crippen molar-refractivity contribution in [1.29, 1.82) is 0 Å². The van der Waals surface area contributed by atoms with Crippen molar-refractivity contribution in [3.63, 3.8) is 0 Å². The zero-order valence-corrected chi connectivity index (χ0v) is 12.2. The summed E-state index contributed by atoms with van der Waals surface area (Å²) < 4.78 is 25.4. The van der Waals surface area contributed by atoms with E-state index in [2.05, 4.69) is 0 Å². The van der Waals surface area contributed by atoms with Crippen LogP contribution >= 0.6 is 0 Å². The average molecular weight is 274 g/mol. The van der Waals surface area contributed by atoms with Crippen molar-refractivity contribution >= 4 is 9.84 Å². The Bertz CT molecular complexity index is 665.